The van der Waals surface area contributed by atoms with Crippen molar-refractivity contribution in [3.63, 3.8) is 0 Å². The van der Waals surface area contributed by atoms with E-state index in [9.17, 15) is 18.0 Å². The van der Waals surface area contributed by atoms with E-state index in [1.807, 2.05) is 0 Å². The summed E-state index contributed by atoms with van der Waals surface area (Å²) in [7, 11) is 0. The van der Waals surface area contributed by atoms with Gasteiger partial charge in [0.05, 0.1) is 12.1 Å². The van der Waals surface area contributed by atoms with Crippen LogP contribution in [0.5, 0.6) is 0 Å². The highest BCUT2D eigenvalue weighted by atomic mass is 19.4. The van der Waals surface area contributed by atoms with E-state index in [2.05, 4.69) is 0 Å². The fourth-order valence-electron chi connectivity index (χ4n) is 1.74. The first-order chi connectivity index (χ1) is 7.88. The van der Waals surface area contributed by atoms with Crippen LogP contribution < -0.4 is 0 Å². The average molecular weight is 241 g/mol. The zero-order valence-electron chi connectivity index (χ0n) is 9.08. The van der Waals surface area contributed by atoms with Crippen molar-refractivity contribution in [1.82, 2.24) is 4.57 Å². The number of nitrogens with zero attached hydrogens (tertiary/aromatic N) is 1. The quantitative estimate of drug-likeness (QED) is 0.791. The smallest absolute Gasteiger partial charge is 0.340 e. The summed E-state index contributed by atoms with van der Waals surface area (Å²) in [5.41, 5.74) is -0.275. The summed E-state index contributed by atoms with van der Waals surface area (Å²) in [6.07, 6.45) is -2.74. The Morgan fingerprint density at radius 2 is 2.00 bits per heavy atom. The van der Waals surface area contributed by atoms with Gasteiger partial charge in [-0.1, -0.05) is 6.07 Å². The Labute approximate surface area is 95.7 Å². The van der Waals surface area contributed by atoms with Crippen molar-refractivity contribution < 1.29 is 18.0 Å². The fraction of sp³-hybridized carbons (Fsp3) is 0.250. The highest BCUT2D eigenvalue weighted by Gasteiger charge is 2.30. The highest BCUT2D eigenvalue weighted by molar-refractivity contribution is 5.83. The number of carbonyl (C=O) groups is 1. The maximum absolute atomic E-state index is 12.5. The number of benzene rings is 1. The number of carbonyl (C=O) groups excluding carboxylic acids is 1. The van der Waals surface area contributed by atoms with Crippen molar-refractivity contribution in [3.8, 4) is 0 Å². The molecular formula is C12H10F3NO. The molecule has 5 heteroatoms. The van der Waals surface area contributed by atoms with Gasteiger partial charge in [0.1, 0.15) is 5.78 Å². The molecule has 0 spiro atoms. The average Bonchev–Trinajstić information content (AvgIpc) is 2.59. The molecule has 90 valence electrons. The van der Waals surface area contributed by atoms with Crippen LogP contribution in [-0.4, -0.2) is 10.4 Å². The second kappa shape index (κ2) is 3.91. The maximum atomic E-state index is 12.5. The van der Waals surface area contributed by atoms with Gasteiger partial charge in [0, 0.05) is 11.7 Å². The van der Waals surface area contributed by atoms with Crippen molar-refractivity contribution in [1.29, 1.82) is 0 Å². The molecule has 0 unspecified atom stereocenters. The Kier molecular flexibility index (Phi) is 2.69. The highest BCUT2D eigenvalue weighted by Crippen LogP contribution is 2.31. The molecule has 0 amide bonds. The second-order valence-corrected chi connectivity index (χ2v) is 3.92. The van der Waals surface area contributed by atoms with Gasteiger partial charge in [-0.25, -0.2) is 0 Å². The standard InChI is InChI=1S/C12H10F3NO/c1-8(17)7-16-5-4-9-2-3-10(6-11(9)16)12(13,14)15/h2-6H,7H2,1H3. The van der Waals surface area contributed by atoms with E-state index < -0.39 is 11.7 Å². The number of halogens is 3. The lowest BCUT2D eigenvalue weighted by atomic mass is 10.1. The molecule has 0 fully saturated rings. The van der Waals surface area contributed by atoms with Crippen molar-refractivity contribution >= 4 is 16.7 Å². The van der Waals surface area contributed by atoms with Gasteiger partial charge >= 0.3 is 6.18 Å². The first-order valence-corrected chi connectivity index (χ1v) is 5.03. The minimum atomic E-state index is -4.36. The summed E-state index contributed by atoms with van der Waals surface area (Å²) < 4.78 is 39.1. The van der Waals surface area contributed by atoms with E-state index in [0.29, 0.717) is 10.9 Å². The monoisotopic (exact) mass is 241 g/mol. The Morgan fingerprint density at radius 3 is 2.59 bits per heavy atom. The first-order valence-electron chi connectivity index (χ1n) is 5.03. The molecule has 0 aliphatic carbocycles. The molecule has 2 rings (SSSR count). The Morgan fingerprint density at radius 1 is 1.29 bits per heavy atom. The zero-order valence-corrected chi connectivity index (χ0v) is 9.08. The van der Waals surface area contributed by atoms with Crippen LogP contribution in [-0.2, 0) is 17.5 Å². The lowest BCUT2D eigenvalue weighted by molar-refractivity contribution is -0.137. The predicted octanol–water partition coefficient (Wildman–Crippen LogP) is 3.25. The number of fused-ring (bicyclic) bond motifs is 1. The van der Waals surface area contributed by atoms with Crippen LogP contribution in [0.2, 0.25) is 0 Å². The molecule has 0 N–H and O–H groups in total. The predicted molar refractivity (Wildman–Crippen MR) is 57.6 cm³/mol. The molecule has 2 aromatic rings. The van der Waals surface area contributed by atoms with Gasteiger partial charge in [0.2, 0.25) is 0 Å². The van der Waals surface area contributed by atoms with E-state index in [1.54, 1.807) is 12.3 Å². The molecule has 0 saturated carbocycles. The van der Waals surface area contributed by atoms with Gasteiger partial charge < -0.3 is 4.57 Å². The maximum Gasteiger partial charge on any atom is 0.416 e. The topological polar surface area (TPSA) is 22.0 Å². The third-order valence-electron chi connectivity index (χ3n) is 2.49. The fourth-order valence-corrected chi connectivity index (χ4v) is 1.74. The molecule has 0 saturated heterocycles. The molecule has 2 nitrogen and oxygen atoms in total. The lowest BCUT2D eigenvalue weighted by Crippen LogP contribution is -2.07. The summed E-state index contributed by atoms with van der Waals surface area (Å²) in [5.74, 6) is -0.0973. The number of hydrogen-bond acceptors (Lipinski definition) is 1. The number of aromatic nitrogens is 1. The van der Waals surface area contributed by atoms with E-state index in [0.717, 1.165) is 12.1 Å². The normalized spacial score (nSPS) is 12.0. The van der Waals surface area contributed by atoms with Gasteiger partial charge in [-0.15, -0.1) is 0 Å². The molecule has 0 aliphatic rings. The lowest BCUT2D eigenvalue weighted by Gasteiger charge is -2.08. The Bertz CT molecular complexity index is 569. The van der Waals surface area contributed by atoms with Crippen LogP contribution >= 0.6 is 0 Å². The summed E-state index contributed by atoms with van der Waals surface area (Å²) in [6, 6.07) is 5.21. The Balaban J connectivity index is 2.54. The minimum Gasteiger partial charge on any atom is -0.340 e. The molecule has 0 aliphatic heterocycles. The van der Waals surface area contributed by atoms with Crippen molar-refractivity contribution in [2.24, 2.45) is 0 Å². The van der Waals surface area contributed by atoms with Crippen LogP contribution in [0.25, 0.3) is 10.9 Å². The van der Waals surface area contributed by atoms with Crippen LogP contribution in [0.4, 0.5) is 13.2 Å². The molecule has 1 heterocycles. The molecule has 1 aromatic heterocycles. The van der Waals surface area contributed by atoms with Gasteiger partial charge in [-0.2, -0.15) is 13.2 Å². The summed E-state index contributed by atoms with van der Waals surface area (Å²) in [6.45, 7) is 1.49. The van der Waals surface area contributed by atoms with E-state index in [-0.39, 0.29) is 12.3 Å². The molecule has 17 heavy (non-hydrogen) atoms. The molecule has 0 atom stereocenters. The number of alkyl halides is 3. The minimum absolute atomic E-state index is 0.0881. The second-order valence-electron chi connectivity index (χ2n) is 3.92. The van der Waals surface area contributed by atoms with Crippen LogP contribution in [0.3, 0.4) is 0 Å². The van der Waals surface area contributed by atoms with Crippen LogP contribution in [0.1, 0.15) is 12.5 Å². The van der Waals surface area contributed by atoms with Crippen molar-refractivity contribution in [2.45, 2.75) is 19.6 Å². The summed E-state index contributed by atoms with van der Waals surface area (Å²) in [5, 5.41) is 0.694. The number of hydrogen-bond donors (Lipinski definition) is 0. The van der Waals surface area contributed by atoms with Crippen molar-refractivity contribution in [2.75, 3.05) is 0 Å². The Hall–Kier alpha value is -1.78. The summed E-state index contributed by atoms with van der Waals surface area (Å²) in [4.78, 5) is 11.0. The van der Waals surface area contributed by atoms with E-state index in [1.165, 1.54) is 17.6 Å². The summed E-state index contributed by atoms with van der Waals surface area (Å²) >= 11 is 0. The molecule has 0 radical (unpaired) electrons. The van der Waals surface area contributed by atoms with Gasteiger partial charge in [-0.3, -0.25) is 4.79 Å². The molecule has 0 bridgehead atoms. The third kappa shape index (κ3) is 2.33. The van der Waals surface area contributed by atoms with Gasteiger partial charge in [0.25, 0.3) is 0 Å². The zero-order chi connectivity index (χ0) is 12.6. The number of Topliss-reactive ketones (excluding diaryl/α,β-unsaturated/α-hetero) is 1. The largest absolute Gasteiger partial charge is 0.416 e. The molecule has 1 aromatic carbocycles. The van der Waals surface area contributed by atoms with Crippen LogP contribution in [0.15, 0.2) is 30.5 Å². The van der Waals surface area contributed by atoms with Gasteiger partial charge in [-0.05, 0) is 30.5 Å². The SMILES string of the molecule is CC(=O)Cn1ccc2ccc(C(F)(F)F)cc21. The molecular weight excluding hydrogens is 231 g/mol. The van der Waals surface area contributed by atoms with Crippen molar-refractivity contribution in [3.05, 3.63) is 36.0 Å². The number of ketones is 1. The third-order valence-corrected chi connectivity index (χ3v) is 2.49. The van der Waals surface area contributed by atoms with Gasteiger partial charge in [0.15, 0.2) is 0 Å². The van der Waals surface area contributed by atoms with Crippen LogP contribution in [0, 0.1) is 0 Å². The first kappa shape index (κ1) is 11.7. The van der Waals surface area contributed by atoms with E-state index >= 15 is 0 Å². The van der Waals surface area contributed by atoms with E-state index in [4.69, 9.17) is 0 Å². The number of rotatable bonds is 2.